The van der Waals surface area contributed by atoms with Gasteiger partial charge in [-0.25, -0.2) is 4.18 Å². The molecular weight excluding hydrogens is 400 g/mol. The lowest BCUT2D eigenvalue weighted by atomic mass is 9.97. The number of aliphatic hydroxyl groups excluding tert-OH is 7. The fourth-order valence-corrected chi connectivity index (χ4v) is 3.32. The van der Waals surface area contributed by atoms with Gasteiger partial charge in [-0.15, -0.1) is 0 Å². The van der Waals surface area contributed by atoms with Gasteiger partial charge >= 0.3 is 10.4 Å². The average Bonchev–Trinajstić information content (AvgIpc) is 2.59. The van der Waals surface area contributed by atoms with Crippen LogP contribution in [0.4, 0.5) is 0 Å². The SMILES string of the molecule is O=S(=O)(O)OC1C(O)C(CO)OC(OC2C(CO)OC(O)C(O)C2O)C1O. The monoisotopic (exact) mass is 422 g/mol. The fraction of sp³-hybridized carbons (Fsp3) is 1.00. The van der Waals surface area contributed by atoms with E-state index in [9.17, 15) is 44.2 Å². The van der Waals surface area contributed by atoms with Crippen LogP contribution in [-0.2, 0) is 28.8 Å². The van der Waals surface area contributed by atoms with E-state index in [-0.39, 0.29) is 0 Å². The molecule has 2 aliphatic heterocycles. The van der Waals surface area contributed by atoms with E-state index in [1.807, 2.05) is 0 Å². The van der Waals surface area contributed by atoms with Crippen LogP contribution in [0.1, 0.15) is 0 Å². The molecule has 0 aromatic rings. The van der Waals surface area contributed by atoms with E-state index in [1.54, 1.807) is 0 Å². The highest BCUT2D eigenvalue weighted by molar-refractivity contribution is 7.80. The third-order valence-electron chi connectivity index (χ3n) is 4.19. The van der Waals surface area contributed by atoms with Crippen LogP contribution in [0, 0.1) is 0 Å². The van der Waals surface area contributed by atoms with E-state index in [1.165, 1.54) is 0 Å². The topological polar surface area (TPSA) is 233 Å². The first kappa shape index (κ1) is 22.8. The minimum atomic E-state index is -5.12. The molecule has 0 radical (unpaired) electrons. The van der Waals surface area contributed by atoms with Crippen molar-refractivity contribution < 1.29 is 67.1 Å². The van der Waals surface area contributed by atoms with Gasteiger partial charge in [-0.2, -0.15) is 8.42 Å². The molecule has 0 bridgehead atoms. The van der Waals surface area contributed by atoms with Crippen LogP contribution in [0.2, 0.25) is 0 Å². The lowest BCUT2D eigenvalue weighted by molar-refractivity contribution is -0.353. The van der Waals surface area contributed by atoms with E-state index in [0.29, 0.717) is 0 Å². The highest BCUT2D eigenvalue weighted by Gasteiger charge is 2.51. The van der Waals surface area contributed by atoms with Gasteiger partial charge in [0.25, 0.3) is 0 Å². The van der Waals surface area contributed by atoms with Crippen molar-refractivity contribution in [2.75, 3.05) is 13.2 Å². The van der Waals surface area contributed by atoms with Crippen LogP contribution < -0.4 is 0 Å². The average molecular weight is 422 g/mol. The van der Waals surface area contributed by atoms with Crippen molar-refractivity contribution in [3.63, 3.8) is 0 Å². The quantitative estimate of drug-likeness (QED) is 0.186. The van der Waals surface area contributed by atoms with Gasteiger partial charge in [-0.1, -0.05) is 0 Å². The molecule has 2 saturated heterocycles. The summed E-state index contributed by atoms with van der Waals surface area (Å²) in [6, 6.07) is 0. The molecule has 2 rings (SSSR count). The Morgan fingerprint density at radius 1 is 0.778 bits per heavy atom. The van der Waals surface area contributed by atoms with Gasteiger partial charge in [0.1, 0.15) is 48.8 Å². The Hall–Kier alpha value is -0.530. The van der Waals surface area contributed by atoms with E-state index in [2.05, 4.69) is 4.18 Å². The highest BCUT2D eigenvalue weighted by Crippen LogP contribution is 2.30. The summed E-state index contributed by atoms with van der Waals surface area (Å²) < 4.78 is 50.0. The Labute approximate surface area is 153 Å². The maximum Gasteiger partial charge on any atom is 0.397 e. The Kier molecular flexibility index (Phi) is 7.47. The van der Waals surface area contributed by atoms with Gasteiger partial charge in [-0.3, -0.25) is 4.55 Å². The van der Waals surface area contributed by atoms with Crippen molar-refractivity contribution in [2.45, 2.75) is 61.4 Å². The van der Waals surface area contributed by atoms with Gasteiger partial charge in [0.2, 0.25) is 0 Å². The maximum atomic E-state index is 10.9. The highest BCUT2D eigenvalue weighted by atomic mass is 32.3. The van der Waals surface area contributed by atoms with Gasteiger partial charge in [-0.05, 0) is 0 Å². The van der Waals surface area contributed by atoms with Gasteiger partial charge in [0, 0.05) is 0 Å². The largest absolute Gasteiger partial charge is 0.397 e. The summed E-state index contributed by atoms with van der Waals surface area (Å²) in [5.41, 5.74) is 0. The zero-order chi connectivity index (χ0) is 20.5. The van der Waals surface area contributed by atoms with E-state index in [4.69, 9.17) is 18.8 Å². The molecule has 0 amide bonds. The Balaban J connectivity index is 2.22. The zero-order valence-corrected chi connectivity index (χ0v) is 14.4. The van der Waals surface area contributed by atoms with Gasteiger partial charge in [0.15, 0.2) is 12.6 Å². The smallest absolute Gasteiger partial charge is 0.394 e. The van der Waals surface area contributed by atoms with Crippen molar-refractivity contribution in [3.05, 3.63) is 0 Å². The molecule has 0 spiro atoms. The first-order valence-electron chi connectivity index (χ1n) is 7.74. The van der Waals surface area contributed by atoms with E-state index >= 15 is 0 Å². The standard InChI is InChI=1S/C12H22O14S/c13-1-3-5(15)10(26-27(20,21)22)8(18)12(24-3)25-9-4(2-14)23-11(19)7(17)6(9)16/h3-19H,1-2H2,(H,20,21,22). The molecule has 0 aromatic heterocycles. The second-order valence-electron chi connectivity index (χ2n) is 6.02. The van der Waals surface area contributed by atoms with Crippen molar-refractivity contribution >= 4 is 10.4 Å². The van der Waals surface area contributed by atoms with E-state index in [0.717, 1.165) is 0 Å². The lowest BCUT2D eigenvalue weighted by Crippen LogP contribution is -2.65. The van der Waals surface area contributed by atoms with Crippen molar-refractivity contribution in [3.8, 4) is 0 Å². The lowest BCUT2D eigenvalue weighted by Gasteiger charge is -2.45. The minimum Gasteiger partial charge on any atom is -0.394 e. The minimum absolute atomic E-state index is 0.786. The van der Waals surface area contributed by atoms with Gasteiger partial charge < -0.3 is 50.0 Å². The zero-order valence-electron chi connectivity index (χ0n) is 13.6. The summed E-state index contributed by atoms with van der Waals surface area (Å²) in [4.78, 5) is 0. The summed E-state index contributed by atoms with van der Waals surface area (Å²) in [5.74, 6) is 0. The van der Waals surface area contributed by atoms with Crippen LogP contribution in [0.25, 0.3) is 0 Å². The van der Waals surface area contributed by atoms with Crippen molar-refractivity contribution in [1.82, 2.24) is 0 Å². The molecule has 2 heterocycles. The predicted molar refractivity (Wildman–Crippen MR) is 79.0 cm³/mol. The number of aliphatic hydroxyl groups is 7. The number of hydrogen-bond acceptors (Lipinski definition) is 13. The molecule has 27 heavy (non-hydrogen) atoms. The van der Waals surface area contributed by atoms with Crippen molar-refractivity contribution in [2.24, 2.45) is 0 Å². The molecule has 10 atom stereocenters. The third-order valence-corrected chi connectivity index (χ3v) is 4.65. The van der Waals surface area contributed by atoms with E-state index < -0.39 is 85.0 Å². The second kappa shape index (κ2) is 8.87. The molecule has 8 N–H and O–H groups in total. The van der Waals surface area contributed by atoms with Crippen LogP contribution in [0.5, 0.6) is 0 Å². The molecular formula is C12H22O14S. The Morgan fingerprint density at radius 2 is 1.37 bits per heavy atom. The molecule has 10 unspecified atom stereocenters. The van der Waals surface area contributed by atoms with Crippen LogP contribution in [-0.4, -0.2) is 123 Å². The summed E-state index contributed by atoms with van der Waals surface area (Å²) in [6.45, 7) is -1.65. The second-order valence-corrected chi connectivity index (χ2v) is 7.07. The first-order valence-corrected chi connectivity index (χ1v) is 9.10. The molecule has 14 nitrogen and oxygen atoms in total. The summed E-state index contributed by atoms with van der Waals surface area (Å²) in [6.07, 6.45) is -17.8. The molecule has 160 valence electrons. The molecule has 15 heteroatoms. The maximum absolute atomic E-state index is 10.9. The molecule has 2 fully saturated rings. The molecule has 0 aromatic carbocycles. The number of rotatable bonds is 6. The van der Waals surface area contributed by atoms with Crippen LogP contribution >= 0.6 is 0 Å². The summed E-state index contributed by atoms with van der Waals surface area (Å²) in [5, 5.41) is 67.8. The summed E-state index contributed by atoms with van der Waals surface area (Å²) in [7, 11) is -5.12. The van der Waals surface area contributed by atoms with Crippen LogP contribution in [0.3, 0.4) is 0 Å². The van der Waals surface area contributed by atoms with Gasteiger partial charge in [0.05, 0.1) is 13.2 Å². The number of hydrogen-bond donors (Lipinski definition) is 8. The first-order chi connectivity index (χ1) is 12.5. The molecule has 0 saturated carbocycles. The van der Waals surface area contributed by atoms with Crippen LogP contribution in [0.15, 0.2) is 0 Å². The number of ether oxygens (including phenoxy) is 3. The normalized spacial score (nSPS) is 46.4. The Morgan fingerprint density at radius 3 is 1.89 bits per heavy atom. The Bertz CT molecular complexity index is 583. The molecule has 0 aliphatic carbocycles. The fourth-order valence-electron chi connectivity index (χ4n) is 2.81. The third kappa shape index (κ3) is 5.10. The molecule has 2 aliphatic rings. The van der Waals surface area contributed by atoms with Crippen molar-refractivity contribution in [1.29, 1.82) is 0 Å². The summed E-state index contributed by atoms with van der Waals surface area (Å²) >= 11 is 0. The predicted octanol–water partition coefficient (Wildman–Crippen LogP) is -5.57.